The molecule has 0 aliphatic rings. The fourth-order valence-corrected chi connectivity index (χ4v) is 4.11. The summed E-state index contributed by atoms with van der Waals surface area (Å²) < 4.78 is 62.6. The minimum absolute atomic E-state index is 0.166. The van der Waals surface area contributed by atoms with Crippen molar-refractivity contribution in [1.82, 2.24) is 14.3 Å². The van der Waals surface area contributed by atoms with Gasteiger partial charge in [-0.2, -0.15) is 23.5 Å². The number of nitrogen functional groups attached to an aromatic ring is 1. The van der Waals surface area contributed by atoms with E-state index in [0.717, 1.165) is 5.56 Å². The van der Waals surface area contributed by atoms with Crippen LogP contribution in [0.25, 0.3) is 16.7 Å². The van der Waals surface area contributed by atoms with Crippen LogP contribution in [-0.2, 0) is 19.3 Å². The summed E-state index contributed by atoms with van der Waals surface area (Å²) in [4.78, 5) is 0. The molecule has 4 aromatic rings. The molecule has 0 spiro atoms. The van der Waals surface area contributed by atoms with E-state index in [9.17, 15) is 22.8 Å². The van der Waals surface area contributed by atoms with Crippen LogP contribution in [0, 0.1) is 25.2 Å². The van der Waals surface area contributed by atoms with Crippen LogP contribution < -0.4 is 10.5 Å². The maximum absolute atomic E-state index is 13.9. The van der Waals surface area contributed by atoms with Crippen molar-refractivity contribution in [3.63, 3.8) is 0 Å². The van der Waals surface area contributed by atoms with Gasteiger partial charge in [0, 0.05) is 5.56 Å². The smallest absolute Gasteiger partial charge is 0.433 e. The molecule has 2 aromatic heterocycles. The molecule has 0 saturated carbocycles. The molecule has 0 saturated heterocycles. The molecule has 0 aliphatic heterocycles. The van der Waals surface area contributed by atoms with Gasteiger partial charge in [0.15, 0.2) is 11.3 Å². The summed E-state index contributed by atoms with van der Waals surface area (Å²) in [5.41, 5.74) is 7.17. The zero-order valence-corrected chi connectivity index (χ0v) is 18.4. The van der Waals surface area contributed by atoms with Crippen molar-refractivity contribution in [1.29, 1.82) is 5.26 Å². The van der Waals surface area contributed by atoms with Crippen LogP contribution in [-0.4, -0.2) is 21.0 Å². The number of anilines is 1. The van der Waals surface area contributed by atoms with Crippen LogP contribution in [0.2, 0.25) is 0 Å². The van der Waals surface area contributed by atoms with Crippen molar-refractivity contribution in [3.05, 3.63) is 70.4 Å². The number of hydrogen-bond donors (Lipinski definition) is 1. The van der Waals surface area contributed by atoms with Gasteiger partial charge in [0.25, 0.3) is 0 Å². The molecule has 0 unspecified atom stereocenters. The van der Waals surface area contributed by atoms with Gasteiger partial charge in [0.1, 0.15) is 36.5 Å². The van der Waals surface area contributed by atoms with Crippen molar-refractivity contribution in [2.75, 3.05) is 12.4 Å². The number of aryl methyl sites for hydroxylation is 2. The summed E-state index contributed by atoms with van der Waals surface area (Å²) in [5.74, 6) is 0.327. The highest BCUT2D eigenvalue weighted by Gasteiger charge is 2.41. The summed E-state index contributed by atoms with van der Waals surface area (Å²) in [7, 11) is 0. The molecule has 10 heteroatoms. The Morgan fingerprint density at radius 2 is 1.82 bits per heavy atom. The van der Waals surface area contributed by atoms with Crippen molar-refractivity contribution in [2.45, 2.75) is 33.2 Å². The summed E-state index contributed by atoms with van der Waals surface area (Å²) in [5, 5.41) is 13.2. The van der Waals surface area contributed by atoms with Crippen LogP contribution in [0.5, 0.6) is 5.75 Å². The first-order valence-electron chi connectivity index (χ1n) is 10.4. The standard InChI is InChI=1S/C24H21F4N5O/c1-14-8-9-18(34-13-16-6-4-3-5-7-16)15(2)20(14)33-22(30)17(12-29)19-21(24(26,27)28)32(11-10-25)31-23(19)33/h3-9H,10-11,13,30H2,1-2H3. The molecule has 2 heterocycles. The predicted octanol–water partition coefficient (Wildman–Crippen LogP) is 5.47. The van der Waals surface area contributed by atoms with Crippen molar-refractivity contribution in [2.24, 2.45) is 0 Å². The Balaban J connectivity index is 1.93. The van der Waals surface area contributed by atoms with E-state index in [1.165, 1.54) is 4.57 Å². The molecule has 6 nitrogen and oxygen atoms in total. The van der Waals surface area contributed by atoms with Crippen molar-refractivity contribution >= 4 is 16.9 Å². The van der Waals surface area contributed by atoms with E-state index in [1.54, 1.807) is 32.0 Å². The monoisotopic (exact) mass is 471 g/mol. The second-order valence-electron chi connectivity index (χ2n) is 7.79. The number of nitrogens with zero attached hydrogens (tertiary/aromatic N) is 4. The zero-order chi connectivity index (χ0) is 24.6. The quantitative estimate of drug-likeness (QED) is 0.379. The van der Waals surface area contributed by atoms with Gasteiger partial charge in [-0.1, -0.05) is 36.4 Å². The maximum atomic E-state index is 13.9. The summed E-state index contributed by atoms with van der Waals surface area (Å²) >= 11 is 0. The number of hydrogen-bond acceptors (Lipinski definition) is 4. The van der Waals surface area contributed by atoms with Gasteiger partial charge in [-0.25, -0.2) is 4.39 Å². The lowest BCUT2D eigenvalue weighted by atomic mass is 10.1. The molecule has 0 atom stereocenters. The zero-order valence-electron chi connectivity index (χ0n) is 18.4. The molecule has 0 aliphatic carbocycles. The van der Waals surface area contributed by atoms with E-state index in [4.69, 9.17) is 10.5 Å². The van der Waals surface area contributed by atoms with Crippen LogP contribution in [0.3, 0.4) is 0 Å². The van der Waals surface area contributed by atoms with Gasteiger partial charge in [0.2, 0.25) is 0 Å². The average Bonchev–Trinajstić information content (AvgIpc) is 3.27. The van der Waals surface area contributed by atoms with Gasteiger partial charge in [-0.05, 0) is 31.0 Å². The lowest BCUT2D eigenvalue weighted by molar-refractivity contribution is -0.143. The molecule has 34 heavy (non-hydrogen) atoms. The van der Waals surface area contributed by atoms with Gasteiger partial charge in [-0.3, -0.25) is 9.25 Å². The second-order valence-corrected chi connectivity index (χ2v) is 7.79. The van der Waals surface area contributed by atoms with Gasteiger partial charge >= 0.3 is 6.18 Å². The lowest BCUT2D eigenvalue weighted by Gasteiger charge is -2.17. The molecule has 176 valence electrons. The topological polar surface area (TPSA) is 81.8 Å². The Labute approximate surface area is 192 Å². The van der Waals surface area contributed by atoms with E-state index in [-0.39, 0.29) is 23.6 Å². The molecule has 0 bridgehead atoms. The molecule has 4 rings (SSSR count). The molecular weight excluding hydrogens is 450 g/mol. The van der Waals surface area contributed by atoms with Crippen LogP contribution in [0.1, 0.15) is 27.9 Å². The molecular formula is C24H21F4N5O. The molecule has 2 N–H and O–H groups in total. The predicted molar refractivity (Wildman–Crippen MR) is 119 cm³/mol. The second kappa shape index (κ2) is 8.74. The number of nitriles is 1. The number of fused-ring (bicyclic) bond motifs is 1. The number of alkyl halides is 4. The Bertz CT molecular complexity index is 1400. The average molecular weight is 471 g/mol. The third kappa shape index (κ3) is 3.83. The fourth-order valence-electron chi connectivity index (χ4n) is 4.11. The Morgan fingerprint density at radius 3 is 2.44 bits per heavy atom. The first kappa shape index (κ1) is 23.2. The lowest BCUT2D eigenvalue weighted by Crippen LogP contribution is -2.16. The number of ether oxygens (including phenoxy) is 1. The Kier molecular flexibility index (Phi) is 5.96. The summed E-state index contributed by atoms with van der Waals surface area (Å²) in [6.45, 7) is 2.15. The third-order valence-electron chi connectivity index (χ3n) is 5.61. The van der Waals surface area contributed by atoms with E-state index < -0.39 is 30.5 Å². The summed E-state index contributed by atoms with van der Waals surface area (Å²) in [6.07, 6.45) is -4.86. The summed E-state index contributed by atoms with van der Waals surface area (Å²) in [6, 6.07) is 14.8. The molecule has 0 fully saturated rings. The molecule has 0 amide bonds. The van der Waals surface area contributed by atoms with Gasteiger partial charge in [-0.15, -0.1) is 0 Å². The first-order valence-corrected chi connectivity index (χ1v) is 10.4. The third-order valence-corrected chi connectivity index (χ3v) is 5.61. The van der Waals surface area contributed by atoms with Gasteiger partial charge in [0.05, 0.1) is 17.6 Å². The van der Waals surface area contributed by atoms with Crippen LogP contribution in [0.15, 0.2) is 42.5 Å². The van der Waals surface area contributed by atoms with E-state index in [0.29, 0.717) is 27.2 Å². The maximum Gasteiger partial charge on any atom is 0.433 e. The molecule has 0 radical (unpaired) electrons. The highest BCUT2D eigenvalue weighted by Crippen LogP contribution is 2.42. The van der Waals surface area contributed by atoms with Crippen LogP contribution >= 0.6 is 0 Å². The Hall–Kier alpha value is -4.00. The number of halogens is 4. The number of rotatable bonds is 6. The van der Waals surface area contributed by atoms with E-state index >= 15 is 0 Å². The van der Waals surface area contributed by atoms with E-state index in [1.807, 2.05) is 30.3 Å². The van der Waals surface area contributed by atoms with Crippen molar-refractivity contribution in [3.8, 4) is 17.5 Å². The first-order chi connectivity index (χ1) is 16.2. The molecule has 2 aromatic carbocycles. The van der Waals surface area contributed by atoms with Gasteiger partial charge < -0.3 is 10.5 Å². The highest BCUT2D eigenvalue weighted by molar-refractivity contribution is 5.94. The number of benzene rings is 2. The highest BCUT2D eigenvalue weighted by atomic mass is 19.4. The van der Waals surface area contributed by atoms with Crippen molar-refractivity contribution < 1.29 is 22.3 Å². The fraction of sp³-hybridized carbons (Fsp3) is 0.250. The largest absolute Gasteiger partial charge is 0.489 e. The number of nitrogens with two attached hydrogens (primary N) is 1. The number of aromatic nitrogens is 3. The SMILES string of the molecule is Cc1ccc(OCc2ccccc2)c(C)c1-n1c(N)c(C#N)c2c(C(F)(F)F)n(CCF)nc21. The normalized spacial score (nSPS) is 11.7. The minimum Gasteiger partial charge on any atom is -0.489 e. The van der Waals surface area contributed by atoms with E-state index in [2.05, 4.69) is 5.10 Å². The van der Waals surface area contributed by atoms with Crippen LogP contribution in [0.4, 0.5) is 23.4 Å². The minimum atomic E-state index is -4.86. The Morgan fingerprint density at radius 1 is 1.12 bits per heavy atom.